The van der Waals surface area contributed by atoms with Gasteiger partial charge in [-0.3, -0.25) is 0 Å². The molecule has 0 unspecified atom stereocenters. The van der Waals surface area contributed by atoms with E-state index in [0.29, 0.717) is 24.3 Å². The Kier molecular flexibility index (Phi) is 6.19. The molecule has 172 valence electrons. The van der Waals surface area contributed by atoms with Crippen molar-refractivity contribution in [3.05, 3.63) is 101 Å². The lowest BCUT2D eigenvalue weighted by Crippen LogP contribution is -2.63. The van der Waals surface area contributed by atoms with Crippen molar-refractivity contribution >= 4 is 0 Å². The van der Waals surface area contributed by atoms with E-state index < -0.39 is 5.60 Å². The van der Waals surface area contributed by atoms with Gasteiger partial charge >= 0.3 is 0 Å². The number of fused-ring (bicyclic) bond motifs is 3. The molecule has 0 spiro atoms. The van der Waals surface area contributed by atoms with Gasteiger partial charge in [-0.1, -0.05) is 78.0 Å². The van der Waals surface area contributed by atoms with Gasteiger partial charge in [0.2, 0.25) is 0 Å². The molecule has 6 rings (SSSR count). The molecule has 3 aliphatic rings. The van der Waals surface area contributed by atoms with E-state index in [1.807, 2.05) is 79.7 Å². The largest absolute Gasteiger partial charge is 0.374 e. The van der Waals surface area contributed by atoms with Crippen molar-refractivity contribution in [2.45, 2.75) is 38.0 Å². The number of quaternary nitrogens is 1. The van der Waals surface area contributed by atoms with Gasteiger partial charge < -0.3 is 18.8 Å². The van der Waals surface area contributed by atoms with Gasteiger partial charge in [0.1, 0.15) is 24.9 Å². The van der Waals surface area contributed by atoms with Crippen molar-refractivity contribution in [3.8, 4) is 0 Å². The van der Waals surface area contributed by atoms with Crippen molar-refractivity contribution in [1.82, 2.24) is 5.16 Å². The third-order valence-corrected chi connectivity index (χ3v) is 7.49. The monoisotopic (exact) mass is 445 g/mol. The number of allylic oxidation sites excluding steroid dienone is 1. The van der Waals surface area contributed by atoms with Crippen molar-refractivity contribution in [2.24, 2.45) is 5.92 Å². The van der Waals surface area contributed by atoms with Crippen LogP contribution in [-0.4, -0.2) is 47.1 Å². The van der Waals surface area contributed by atoms with Gasteiger partial charge in [0.25, 0.3) is 0 Å². The number of aromatic nitrogens is 1. The lowest BCUT2D eigenvalue weighted by atomic mass is 9.82. The van der Waals surface area contributed by atoms with Crippen molar-refractivity contribution in [3.63, 3.8) is 0 Å². The first-order valence-electron chi connectivity index (χ1n) is 12.0. The fourth-order valence-corrected chi connectivity index (χ4v) is 5.62. The highest BCUT2D eigenvalue weighted by Gasteiger charge is 2.47. The molecule has 0 radical (unpaired) electrons. The van der Waals surface area contributed by atoms with E-state index in [9.17, 15) is 5.11 Å². The predicted molar refractivity (Wildman–Crippen MR) is 127 cm³/mol. The van der Waals surface area contributed by atoms with Gasteiger partial charge in [0.05, 0.1) is 19.7 Å². The zero-order valence-corrected chi connectivity index (χ0v) is 19.3. The molecule has 3 saturated heterocycles. The second kappa shape index (κ2) is 9.26. The van der Waals surface area contributed by atoms with Gasteiger partial charge in [-0.05, 0) is 18.1 Å². The maximum absolute atomic E-state index is 12.0. The lowest BCUT2D eigenvalue weighted by molar-refractivity contribution is -0.959. The van der Waals surface area contributed by atoms with Crippen LogP contribution >= 0.6 is 0 Å². The first kappa shape index (κ1) is 22.1. The SMILES string of the molecule is CC=CCO[C@H]1C[N+]2(Cc3cc(C(O)(c4ccccc4)c4ccccc4)no3)CCC1CC2. The molecule has 2 aromatic carbocycles. The van der Waals surface area contributed by atoms with Gasteiger partial charge in [-0.15, -0.1) is 0 Å². The van der Waals surface area contributed by atoms with Crippen LogP contribution in [-0.2, 0) is 16.9 Å². The maximum atomic E-state index is 12.0. The zero-order chi connectivity index (χ0) is 22.7. The topological polar surface area (TPSA) is 55.5 Å². The highest BCUT2D eigenvalue weighted by molar-refractivity contribution is 5.44. The molecular weight excluding hydrogens is 412 g/mol. The van der Waals surface area contributed by atoms with Crippen LogP contribution in [0.15, 0.2) is 83.4 Å². The summed E-state index contributed by atoms with van der Waals surface area (Å²) in [5, 5.41) is 16.4. The molecule has 3 aromatic rings. The molecule has 0 saturated carbocycles. The smallest absolute Gasteiger partial charge is 0.191 e. The summed E-state index contributed by atoms with van der Waals surface area (Å²) in [6.45, 7) is 6.80. The summed E-state index contributed by atoms with van der Waals surface area (Å²) < 4.78 is 13.0. The molecule has 3 fully saturated rings. The number of hydrogen-bond acceptors (Lipinski definition) is 4. The summed E-state index contributed by atoms with van der Waals surface area (Å²) in [4.78, 5) is 0. The highest BCUT2D eigenvalue weighted by atomic mass is 16.5. The Labute approximate surface area is 195 Å². The number of nitrogens with zero attached hydrogens (tertiary/aromatic N) is 2. The van der Waals surface area contributed by atoms with Crippen LogP contribution < -0.4 is 0 Å². The Morgan fingerprint density at radius 1 is 1.06 bits per heavy atom. The second-order valence-corrected chi connectivity index (χ2v) is 9.53. The van der Waals surface area contributed by atoms with Crippen LogP contribution in [0.2, 0.25) is 0 Å². The quantitative estimate of drug-likeness (QED) is 0.405. The molecule has 2 bridgehead atoms. The van der Waals surface area contributed by atoms with Crippen LogP contribution in [0.1, 0.15) is 42.3 Å². The van der Waals surface area contributed by atoms with Gasteiger partial charge in [0, 0.05) is 24.8 Å². The summed E-state index contributed by atoms with van der Waals surface area (Å²) in [5.41, 5.74) is 0.719. The Morgan fingerprint density at radius 2 is 1.70 bits per heavy atom. The van der Waals surface area contributed by atoms with Crippen molar-refractivity contribution in [2.75, 3.05) is 26.2 Å². The number of benzene rings is 2. The number of aliphatic hydroxyl groups is 1. The maximum Gasteiger partial charge on any atom is 0.191 e. The summed E-state index contributed by atoms with van der Waals surface area (Å²) in [6, 6.07) is 21.4. The average Bonchev–Trinajstić information content (AvgIpc) is 3.34. The Morgan fingerprint density at radius 3 is 2.30 bits per heavy atom. The fourth-order valence-electron chi connectivity index (χ4n) is 5.62. The number of piperidine rings is 3. The first-order chi connectivity index (χ1) is 16.1. The van der Waals surface area contributed by atoms with Gasteiger partial charge in [0.15, 0.2) is 11.4 Å². The van der Waals surface area contributed by atoms with Crippen molar-refractivity contribution in [1.29, 1.82) is 0 Å². The summed E-state index contributed by atoms with van der Waals surface area (Å²) in [5.74, 6) is 1.49. The number of ether oxygens (including phenoxy) is 1. The molecule has 33 heavy (non-hydrogen) atoms. The molecular formula is C28H33N2O3+. The van der Waals surface area contributed by atoms with E-state index in [0.717, 1.165) is 47.5 Å². The third kappa shape index (κ3) is 4.29. The van der Waals surface area contributed by atoms with Crippen LogP contribution in [0.5, 0.6) is 0 Å². The predicted octanol–water partition coefficient (Wildman–Crippen LogP) is 4.66. The standard InChI is InChI=1S/C28H33N2O3/c1-2-3-18-32-26-21-30(16-14-22(26)15-17-30)20-25-19-27(29-33-25)28(31,23-10-6-4-7-11-23)24-12-8-5-9-13-24/h2-13,19,22,26,31H,14-18,20-21H2,1H3/q+1/t22?,26-,30?/m0/s1. The molecule has 0 amide bonds. The van der Waals surface area contributed by atoms with E-state index >= 15 is 0 Å². The van der Waals surface area contributed by atoms with E-state index in [4.69, 9.17) is 9.26 Å². The van der Waals surface area contributed by atoms with Crippen LogP contribution in [0.4, 0.5) is 0 Å². The summed E-state index contributed by atoms with van der Waals surface area (Å²) >= 11 is 0. The minimum atomic E-state index is -1.36. The molecule has 1 atom stereocenters. The molecule has 5 nitrogen and oxygen atoms in total. The normalized spacial score (nSPS) is 25.0. The highest BCUT2D eigenvalue weighted by Crippen LogP contribution is 2.39. The van der Waals surface area contributed by atoms with Crippen LogP contribution in [0.3, 0.4) is 0 Å². The Hall–Kier alpha value is -2.73. The fraction of sp³-hybridized carbons (Fsp3) is 0.393. The number of rotatable bonds is 8. The van der Waals surface area contributed by atoms with E-state index in [1.54, 1.807) is 0 Å². The van der Waals surface area contributed by atoms with Gasteiger partial charge in [-0.25, -0.2) is 0 Å². The molecule has 5 heteroatoms. The molecule has 0 aliphatic carbocycles. The van der Waals surface area contributed by atoms with E-state index in [-0.39, 0.29) is 0 Å². The van der Waals surface area contributed by atoms with Gasteiger partial charge in [-0.2, -0.15) is 0 Å². The molecule has 3 aliphatic heterocycles. The van der Waals surface area contributed by atoms with E-state index in [2.05, 4.69) is 11.2 Å². The summed E-state index contributed by atoms with van der Waals surface area (Å²) in [7, 11) is 0. The van der Waals surface area contributed by atoms with Crippen LogP contribution in [0.25, 0.3) is 0 Å². The van der Waals surface area contributed by atoms with Crippen LogP contribution in [0, 0.1) is 5.92 Å². The second-order valence-electron chi connectivity index (χ2n) is 9.53. The third-order valence-electron chi connectivity index (χ3n) is 7.49. The average molecular weight is 446 g/mol. The summed E-state index contributed by atoms with van der Waals surface area (Å²) in [6.07, 6.45) is 6.82. The molecule has 1 aromatic heterocycles. The molecule has 1 N–H and O–H groups in total. The van der Waals surface area contributed by atoms with Crippen molar-refractivity contribution < 1.29 is 18.8 Å². The Bertz CT molecular complexity index is 1030. The Balaban J connectivity index is 1.41. The minimum Gasteiger partial charge on any atom is -0.374 e. The number of hydrogen-bond donors (Lipinski definition) is 1. The lowest BCUT2D eigenvalue weighted by Gasteiger charge is -2.51. The molecule has 4 heterocycles. The minimum absolute atomic E-state index is 0.302. The first-order valence-corrected chi connectivity index (χ1v) is 12.0. The van der Waals surface area contributed by atoms with E-state index in [1.165, 1.54) is 12.8 Å². The zero-order valence-electron chi connectivity index (χ0n) is 19.3.